The molecule has 37 heavy (non-hydrogen) atoms. The van der Waals surface area contributed by atoms with E-state index in [0.29, 0.717) is 23.2 Å². The summed E-state index contributed by atoms with van der Waals surface area (Å²) >= 11 is 0. The number of likely N-dealkylation sites (N-methyl/N-ethyl adjacent to an activating group) is 1. The zero-order chi connectivity index (χ0) is 28.6. The van der Waals surface area contributed by atoms with Crippen molar-refractivity contribution < 1.29 is 33.5 Å². The molecule has 0 aromatic heterocycles. The van der Waals surface area contributed by atoms with Crippen LogP contribution >= 0.6 is 0 Å². The average Bonchev–Trinajstić information content (AvgIpc) is 2.80. The van der Waals surface area contributed by atoms with Crippen LogP contribution in [0, 0.1) is 5.92 Å². The Morgan fingerprint density at radius 2 is 1.57 bits per heavy atom. The molecule has 0 aliphatic carbocycles. The number of carbonyl (C=O) groups excluding carboxylic acids is 3. The predicted molar refractivity (Wildman–Crippen MR) is 144 cm³/mol. The highest BCUT2D eigenvalue weighted by Crippen LogP contribution is 2.14. The van der Waals surface area contributed by atoms with Crippen LogP contribution in [0.2, 0.25) is 0 Å². The number of ketones is 1. The number of aliphatic carboxylic acids is 1. The average molecular weight is 524 g/mol. The van der Waals surface area contributed by atoms with Crippen molar-refractivity contribution in [3.8, 4) is 5.75 Å². The molecule has 0 heterocycles. The third-order valence-electron chi connectivity index (χ3n) is 5.14. The zero-order valence-electron chi connectivity index (χ0n) is 23.5. The molecule has 1 rings (SSSR count). The number of Topliss-reactive ketones (excluding diaryl/α,β-unsaturated/α-hetero) is 1. The number of hydrogen-bond acceptors (Lipinski definition) is 6. The summed E-state index contributed by atoms with van der Waals surface area (Å²) in [5.74, 6) is -1.06. The molecule has 0 spiro atoms. The number of rotatable bonds is 16. The van der Waals surface area contributed by atoms with Crippen molar-refractivity contribution in [2.75, 3.05) is 40.8 Å². The van der Waals surface area contributed by atoms with Crippen LogP contribution in [0.15, 0.2) is 24.3 Å². The van der Waals surface area contributed by atoms with E-state index in [4.69, 9.17) is 15.6 Å². The van der Waals surface area contributed by atoms with E-state index in [1.165, 1.54) is 0 Å². The molecule has 0 radical (unpaired) electrons. The Bertz CT molecular complexity index is 849. The fourth-order valence-electron chi connectivity index (χ4n) is 3.51. The highest BCUT2D eigenvalue weighted by Gasteiger charge is 2.23. The molecule has 0 bridgehead atoms. The zero-order valence-corrected chi connectivity index (χ0v) is 23.5. The summed E-state index contributed by atoms with van der Waals surface area (Å²) in [6.45, 7) is 8.66. The fourth-order valence-corrected chi connectivity index (χ4v) is 3.51. The molecule has 0 aliphatic heterocycles. The maximum absolute atomic E-state index is 12.2. The van der Waals surface area contributed by atoms with Crippen LogP contribution in [-0.2, 0) is 25.6 Å². The van der Waals surface area contributed by atoms with Gasteiger partial charge in [-0.05, 0) is 24.1 Å². The maximum Gasteiger partial charge on any atom is 0.305 e. The first kappa shape index (κ1) is 34.0. The quantitative estimate of drug-likeness (QED) is 0.191. The van der Waals surface area contributed by atoms with Gasteiger partial charge in [-0.25, -0.2) is 0 Å². The SMILES string of the molecule is CC.CC(C)C(=O)C(N)Cc1ccc(OCCNC(=O)CCC(=O)NC(CC(=O)O)C[N+](C)(C)C)cc1. The topological polar surface area (TPSA) is 148 Å². The minimum Gasteiger partial charge on any atom is -0.492 e. The molecule has 2 unspecified atom stereocenters. The summed E-state index contributed by atoms with van der Waals surface area (Å²) in [5, 5.41) is 14.5. The van der Waals surface area contributed by atoms with Crippen molar-refractivity contribution in [3.05, 3.63) is 29.8 Å². The van der Waals surface area contributed by atoms with Crippen molar-refractivity contribution in [2.24, 2.45) is 11.7 Å². The number of nitrogens with zero attached hydrogens (tertiary/aromatic N) is 1. The monoisotopic (exact) mass is 523 g/mol. The van der Waals surface area contributed by atoms with Crippen LogP contribution in [0.5, 0.6) is 5.75 Å². The normalized spacial score (nSPS) is 12.6. The van der Waals surface area contributed by atoms with Gasteiger partial charge < -0.3 is 30.7 Å². The van der Waals surface area contributed by atoms with Gasteiger partial charge in [0.25, 0.3) is 0 Å². The molecule has 2 atom stereocenters. The lowest BCUT2D eigenvalue weighted by atomic mass is 9.96. The Labute approximate surface area is 221 Å². The molecule has 210 valence electrons. The number of ether oxygens (including phenoxy) is 1. The number of nitrogens with one attached hydrogen (secondary N) is 2. The third kappa shape index (κ3) is 16.4. The first-order valence-electron chi connectivity index (χ1n) is 12.9. The minimum atomic E-state index is -0.985. The smallest absolute Gasteiger partial charge is 0.305 e. The Morgan fingerprint density at radius 3 is 2.08 bits per heavy atom. The molecule has 5 N–H and O–H groups in total. The molecule has 0 fully saturated rings. The number of benzene rings is 1. The Morgan fingerprint density at radius 1 is 1.00 bits per heavy atom. The number of amides is 2. The van der Waals surface area contributed by atoms with Gasteiger partial charge in [0.15, 0.2) is 5.78 Å². The first-order valence-corrected chi connectivity index (χ1v) is 12.9. The van der Waals surface area contributed by atoms with Crippen molar-refractivity contribution >= 4 is 23.6 Å². The number of carbonyl (C=O) groups is 4. The van der Waals surface area contributed by atoms with Crippen molar-refractivity contribution in [1.29, 1.82) is 0 Å². The lowest BCUT2D eigenvalue weighted by Gasteiger charge is -2.29. The van der Waals surface area contributed by atoms with Gasteiger partial charge in [0.2, 0.25) is 11.8 Å². The number of carboxylic acids is 1. The predicted octanol–water partition coefficient (Wildman–Crippen LogP) is 1.75. The molecule has 10 heteroatoms. The summed E-state index contributed by atoms with van der Waals surface area (Å²) in [6, 6.07) is 6.26. The van der Waals surface area contributed by atoms with Crippen LogP contribution in [0.1, 0.15) is 52.5 Å². The number of quaternary nitrogens is 1. The second-order valence-electron chi connectivity index (χ2n) is 10.0. The lowest BCUT2D eigenvalue weighted by Crippen LogP contribution is -2.49. The van der Waals surface area contributed by atoms with Gasteiger partial charge in [-0.1, -0.05) is 39.8 Å². The fraction of sp³-hybridized carbons (Fsp3) is 0.630. The summed E-state index contributed by atoms with van der Waals surface area (Å²) in [5.41, 5.74) is 6.90. The van der Waals surface area contributed by atoms with Crippen LogP contribution in [-0.4, -0.2) is 86.1 Å². The van der Waals surface area contributed by atoms with Crippen molar-refractivity contribution in [1.82, 2.24) is 10.6 Å². The van der Waals surface area contributed by atoms with Crippen molar-refractivity contribution in [2.45, 2.75) is 65.5 Å². The first-order chi connectivity index (χ1) is 17.3. The second kappa shape index (κ2) is 17.5. The maximum atomic E-state index is 12.2. The Kier molecular flexibility index (Phi) is 16.1. The number of hydrogen-bond donors (Lipinski definition) is 4. The van der Waals surface area contributed by atoms with E-state index in [9.17, 15) is 19.2 Å². The Balaban J connectivity index is 0.00000631. The van der Waals surface area contributed by atoms with Crippen LogP contribution < -0.4 is 21.1 Å². The van der Waals surface area contributed by atoms with E-state index in [1.54, 1.807) is 12.1 Å². The van der Waals surface area contributed by atoms with Gasteiger partial charge in [0, 0.05) is 18.8 Å². The van der Waals surface area contributed by atoms with Gasteiger partial charge in [0.1, 0.15) is 12.4 Å². The molecular weight excluding hydrogens is 476 g/mol. The van der Waals surface area contributed by atoms with Gasteiger partial charge in [-0.3, -0.25) is 19.2 Å². The van der Waals surface area contributed by atoms with E-state index in [2.05, 4.69) is 10.6 Å². The number of nitrogens with two attached hydrogens (primary N) is 1. The Hall–Kier alpha value is -2.98. The highest BCUT2D eigenvalue weighted by atomic mass is 16.5. The highest BCUT2D eigenvalue weighted by molar-refractivity contribution is 5.85. The summed E-state index contributed by atoms with van der Waals surface area (Å²) in [7, 11) is 5.74. The molecule has 0 saturated heterocycles. The van der Waals surface area contributed by atoms with Gasteiger partial charge in [-0.15, -0.1) is 0 Å². The molecule has 0 saturated carbocycles. The minimum absolute atomic E-state index is 0.0000491. The molecular formula is C27H47N4O6+. The van der Waals surface area contributed by atoms with Crippen LogP contribution in [0.25, 0.3) is 0 Å². The molecule has 10 nitrogen and oxygen atoms in total. The van der Waals surface area contributed by atoms with Crippen LogP contribution in [0.4, 0.5) is 0 Å². The van der Waals surface area contributed by atoms with E-state index >= 15 is 0 Å². The molecule has 1 aromatic rings. The summed E-state index contributed by atoms with van der Waals surface area (Å²) in [6.07, 6.45) is 0.269. The van der Waals surface area contributed by atoms with Crippen molar-refractivity contribution in [3.63, 3.8) is 0 Å². The van der Waals surface area contributed by atoms with E-state index < -0.39 is 18.1 Å². The van der Waals surface area contributed by atoms with Gasteiger partial charge in [-0.2, -0.15) is 0 Å². The van der Waals surface area contributed by atoms with Crippen LogP contribution in [0.3, 0.4) is 0 Å². The summed E-state index contributed by atoms with van der Waals surface area (Å²) in [4.78, 5) is 47.2. The van der Waals surface area contributed by atoms with E-state index in [1.807, 2.05) is 61.0 Å². The summed E-state index contributed by atoms with van der Waals surface area (Å²) < 4.78 is 6.12. The lowest BCUT2D eigenvalue weighted by molar-refractivity contribution is -0.871. The van der Waals surface area contributed by atoms with Gasteiger partial charge in [0.05, 0.1) is 52.7 Å². The third-order valence-corrected chi connectivity index (χ3v) is 5.14. The number of carboxylic acid groups (broad SMARTS) is 1. The molecule has 1 aromatic carbocycles. The van der Waals surface area contributed by atoms with Gasteiger partial charge >= 0.3 is 5.97 Å². The van der Waals surface area contributed by atoms with E-state index in [-0.39, 0.29) is 55.9 Å². The molecule has 0 aliphatic rings. The van der Waals surface area contributed by atoms with E-state index in [0.717, 1.165) is 5.56 Å². The second-order valence-corrected chi connectivity index (χ2v) is 10.0. The standard InChI is InChI=1S/C25H40N4O6.C2H6/c1-17(2)25(34)21(26)14-18-6-8-20(9-7-18)35-13-12-27-22(30)10-11-23(31)28-19(15-24(32)33)16-29(3,4)5;1-2/h6-9,17,19,21H,10-16,26H2,1-5H3,(H2-,27,28,30,31,32,33);1-2H3/p+1. The largest absolute Gasteiger partial charge is 0.492 e. The molecule has 2 amide bonds.